The molecule has 2 aromatic rings. The highest BCUT2D eigenvalue weighted by Gasteiger charge is 2.06. The number of aromatic nitrogens is 5. The molecule has 0 saturated carbocycles. The fraction of sp³-hybridized carbons (Fsp3) is 0.167. The maximum Gasteiger partial charge on any atom is 0.213 e. The normalized spacial score (nSPS) is 10.5. The fourth-order valence-electron chi connectivity index (χ4n) is 0.833. The monoisotopic (exact) mass is 196 g/mol. The summed E-state index contributed by atoms with van der Waals surface area (Å²) < 4.78 is 0. The van der Waals surface area contributed by atoms with Crippen molar-refractivity contribution >= 4 is 17.6 Å². The van der Waals surface area contributed by atoms with Crippen LogP contribution in [0, 0.1) is 6.92 Å². The SMILES string of the molecule is Cc1nc(Sc2cn[nH]c2N)n[nH]1. The highest BCUT2D eigenvalue weighted by Crippen LogP contribution is 2.27. The molecule has 6 nitrogen and oxygen atoms in total. The highest BCUT2D eigenvalue weighted by atomic mass is 32.2. The van der Waals surface area contributed by atoms with Crippen molar-refractivity contribution in [3.8, 4) is 0 Å². The Morgan fingerprint density at radius 1 is 1.46 bits per heavy atom. The number of nitrogen functional groups attached to an aromatic ring is 1. The van der Waals surface area contributed by atoms with Crippen LogP contribution in [-0.2, 0) is 0 Å². The predicted molar refractivity (Wildman–Crippen MR) is 48.2 cm³/mol. The third kappa shape index (κ3) is 1.64. The summed E-state index contributed by atoms with van der Waals surface area (Å²) in [6.45, 7) is 1.84. The van der Waals surface area contributed by atoms with Crippen molar-refractivity contribution in [3.05, 3.63) is 12.0 Å². The van der Waals surface area contributed by atoms with Crippen LogP contribution >= 0.6 is 11.8 Å². The third-order valence-electron chi connectivity index (χ3n) is 1.41. The van der Waals surface area contributed by atoms with Gasteiger partial charge in [0.2, 0.25) is 5.16 Å². The van der Waals surface area contributed by atoms with Gasteiger partial charge in [-0.1, -0.05) is 0 Å². The van der Waals surface area contributed by atoms with Gasteiger partial charge in [0.1, 0.15) is 11.6 Å². The maximum atomic E-state index is 5.59. The van der Waals surface area contributed by atoms with E-state index in [1.807, 2.05) is 6.92 Å². The zero-order valence-electron chi connectivity index (χ0n) is 6.90. The lowest BCUT2D eigenvalue weighted by Gasteiger charge is -1.91. The van der Waals surface area contributed by atoms with E-state index in [1.165, 1.54) is 11.8 Å². The van der Waals surface area contributed by atoms with E-state index in [4.69, 9.17) is 5.73 Å². The fourth-order valence-corrected chi connectivity index (χ4v) is 1.56. The van der Waals surface area contributed by atoms with E-state index in [9.17, 15) is 0 Å². The van der Waals surface area contributed by atoms with Crippen molar-refractivity contribution in [2.75, 3.05) is 5.73 Å². The first-order chi connectivity index (χ1) is 6.25. The zero-order valence-corrected chi connectivity index (χ0v) is 7.72. The Hall–Kier alpha value is -1.50. The molecule has 68 valence electrons. The molecule has 2 rings (SSSR count). The standard InChI is InChI=1S/C6H8N6S/c1-3-9-6(12-10-3)13-4-2-8-11-5(4)7/h2H,1H3,(H3,7,8,11)(H,9,10,12). The molecule has 7 heteroatoms. The molecule has 0 aliphatic carbocycles. The molecule has 0 unspecified atom stereocenters. The number of hydrogen-bond donors (Lipinski definition) is 3. The molecule has 4 N–H and O–H groups in total. The van der Waals surface area contributed by atoms with Crippen LogP contribution in [0.1, 0.15) is 5.82 Å². The first-order valence-electron chi connectivity index (χ1n) is 3.61. The van der Waals surface area contributed by atoms with Gasteiger partial charge >= 0.3 is 0 Å². The third-order valence-corrected chi connectivity index (χ3v) is 2.32. The van der Waals surface area contributed by atoms with E-state index in [1.54, 1.807) is 6.20 Å². The van der Waals surface area contributed by atoms with Gasteiger partial charge in [0.05, 0.1) is 11.1 Å². The Kier molecular flexibility index (Phi) is 1.93. The topological polar surface area (TPSA) is 96.3 Å². The van der Waals surface area contributed by atoms with Gasteiger partial charge < -0.3 is 5.73 Å². The Bertz CT molecular complexity index is 405. The second kappa shape index (κ2) is 3.09. The summed E-state index contributed by atoms with van der Waals surface area (Å²) in [4.78, 5) is 4.96. The molecular formula is C6H8N6S. The van der Waals surface area contributed by atoms with Crippen molar-refractivity contribution < 1.29 is 0 Å². The van der Waals surface area contributed by atoms with Crippen LogP contribution in [0.3, 0.4) is 0 Å². The number of nitrogens with one attached hydrogen (secondary N) is 2. The molecule has 0 fully saturated rings. The van der Waals surface area contributed by atoms with Crippen molar-refractivity contribution in [2.24, 2.45) is 0 Å². The Labute approximate surface area is 78.3 Å². The number of nitrogens with zero attached hydrogens (tertiary/aromatic N) is 3. The van der Waals surface area contributed by atoms with Gasteiger partial charge in [-0.15, -0.1) is 5.10 Å². The smallest absolute Gasteiger partial charge is 0.213 e. The summed E-state index contributed by atoms with van der Waals surface area (Å²) in [5, 5.41) is 13.8. The molecule has 0 amide bonds. The summed E-state index contributed by atoms with van der Waals surface area (Å²) in [6.07, 6.45) is 1.64. The molecule has 0 aliphatic rings. The van der Waals surface area contributed by atoms with Crippen molar-refractivity contribution in [2.45, 2.75) is 17.0 Å². The van der Waals surface area contributed by atoms with E-state index in [0.29, 0.717) is 11.0 Å². The summed E-state index contributed by atoms with van der Waals surface area (Å²) in [7, 11) is 0. The molecule has 0 aliphatic heterocycles. The van der Waals surface area contributed by atoms with Crippen LogP contribution in [0.25, 0.3) is 0 Å². The van der Waals surface area contributed by atoms with Crippen LogP contribution in [0.5, 0.6) is 0 Å². The van der Waals surface area contributed by atoms with Crippen molar-refractivity contribution in [1.29, 1.82) is 0 Å². The molecule has 0 atom stereocenters. The van der Waals surface area contributed by atoms with Gasteiger partial charge in [-0.25, -0.2) is 4.98 Å². The van der Waals surface area contributed by atoms with E-state index < -0.39 is 0 Å². The molecule has 0 spiro atoms. The average molecular weight is 196 g/mol. The van der Waals surface area contributed by atoms with Gasteiger partial charge in [0.25, 0.3) is 0 Å². The van der Waals surface area contributed by atoms with Gasteiger partial charge in [-0.3, -0.25) is 10.2 Å². The summed E-state index contributed by atoms with van der Waals surface area (Å²) in [5.41, 5.74) is 5.59. The van der Waals surface area contributed by atoms with Crippen LogP contribution in [0.2, 0.25) is 0 Å². The van der Waals surface area contributed by atoms with Crippen LogP contribution < -0.4 is 5.73 Å². The predicted octanol–water partition coefficient (Wildman–Crippen LogP) is 0.570. The van der Waals surface area contributed by atoms with E-state index >= 15 is 0 Å². The second-order valence-corrected chi connectivity index (χ2v) is 3.46. The zero-order chi connectivity index (χ0) is 9.26. The summed E-state index contributed by atoms with van der Waals surface area (Å²) in [6, 6.07) is 0. The number of aryl methyl sites for hydroxylation is 1. The minimum Gasteiger partial charge on any atom is -0.383 e. The molecule has 0 saturated heterocycles. The van der Waals surface area contributed by atoms with Gasteiger partial charge in [0, 0.05) is 0 Å². The summed E-state index contributed by atoms with van der Waals surface area (Å²) in [5.74, 6) is 1.32. The first-order valence-corrected chi connectivity index (χ1v) is 4.43. The lowest BCUT2D eigenvalue weighted by Crippen LogP contribution is -1.86. The molecule has 13 heavy (non-hydrogen) atoms. The Morgan fingerprint density at radius 3 is 2.85 bits per heavy atom. The van der Waals surface area contributed by atoms with E-state index in [2.05, 4.69) is 25.4 Å². The number of H-pyrrole nitrogens is 2. The lowest BCUT2D eigenvalue weighted by molar-refractivity contribution is 0.970. The Morgan fingerprint density at radius 2 is 2.31 bits per heavy atom. The largest absolute Gasteiger partial charge is 0.383 e. The van der Waals surface area contributed by atoms with Crippen molar-refractivity contribution in [1.82, 2.24) is 25.4 Å². The van der Waals surface area contributed by atoms with Gasteiger partial charge in [-0.2, -0.15) is 5.10 Å². The lowest BCUT2D eigenvalue weighted by atomic mass is 10.7. The number of rotatable bonds is 2. The quantitative estimate of drug-likeness (QED) is 0.652. The average Bonchev–Trinajstić information content (AvgIpc) is 2.64. The van der Waals surface area contributed by atoms with Crippen LogP contribution in [0.4, 0.5) is 5.82 Å². The minimum absolute atomic E-state index is 0.535. The first kappa shape index (κ1) is 8.11. The van der Waals surface area contributed by atoms with Gasteiger partial charge in [0.15, 0.2) is 0 Å². The Balaban J connectivity index is 2.19. The number of nitrogens with two attached hydrogens (primary N) is 1. The summed E-state index contributed by atoms with van der Waals surface area (Å²) >= 11 is 1.37. The van der Waals surface area contributed by atoms with Crippen molar-refractivity contribution in [3.63, 3.8) is 0 Å². The molecule has 2 aromatic heterocycles. The van der Waals surface area contributed by atoms with E-state index in [-0.39, 0.29) is 0 Å². The molecule has 0 radical (unpaired) electrons. The van der Waals surface area contributed by atoms with E-state index in [0.717, 1.165) is 10.7 Å². The van der Waals surface area contributed by atoms with Crippen LogP contribution in [0.15, 0.2) is 16.2 Å². The number of hydrogen-bond acceptors (Lipinski definition) is 5. The molecule has 0 aromatic carbocycles. The number of anilines is 1. The molecule has 2 heterocycles. The van der Waals surface area contributed by atoms with Crippen LogP contribution in [-0.4, -0.2) is 25.4 Å². The molecule has 0 bridgehead atoms. The maximum absolute atomic E-state index is 5.59. The van der Waals surface area contributed by atoms with Gasteiger partial charge in [-0.05, 0) is 18.7 Å². The minimum atomic E-state index is 0.535. The molecular weight excluding hydrogens is 188 g/mol. The highest BCUT2D eigenvalue weighted by molar-refractivity contribution is 7.99. The second-order valence-electron chi connectivity index (χ2n) is 2.45. The number of aromatic amines is 2.